The van der Waals surface area contributed by atoms with Gasteiger partial charge in [0.25, 0.3) is 15.7 Å². The normalized spacial score (nSPS) is 16.8. The number of imidazole rings is 1. The minimum atomic E-state index is -4.03. The maximum Gasteiger partial charge on any atom is 0.273 e. The zero-order valence-corrected chi connectivity index (χ0v) is 16.2. The Kier molecular flexibility index (Phi) is 4.84. The maximum absolute atomic E-state index is 12.8. The summed E-state index contributed by atoms with van der Waals surface area (Å²) in [5.41, 5.74) is 1.43. The van der Waals surface area contributed by atoms with Crippen LogP contribution in [-0.2, 0) is 14.8 Å². The third-order valence-corrected chi connectivity index (χ3v) is 6.06. The van der Waals surface area contributed by atoms with E-state index < -0.39 is 14.9 Å². The molecule has 1 fully saturated rings. The van der Waals surface area contributed by atoms with Gasteiger partial charge in [0.05, 0.1) is 34.8 Å². The molecule has 29 heavy (non-hydrogen) atoms. The number of rotatable bonds is 6. The highest BCUT2D eigenvalue weighted by atomic mass is 32.2. The Labute approximate surface area is 166 Å². The van der Waals surface area contributed by atoms with Crippen molar-refractivity contribution in [3.63, 3.8) is 0 Å². The predicted molar refractivity (Wildman–Crippen MR) is 104 cm³/mol. The predicted octanol–water partition coefficient (Wildman–Crippen LogP) is 3.13. The summed E-state index contributed by atoms with van der Waals surface area (Å²) in [7, 11) is -2.78. The first-order valence-corrected chi connectivity index (χ1v) is 10.3. The van der Waals surface area contributed by atoms with E-state index in [1.165, 1.54) is 7.11 Å². The van der Waals surface area contributed by atoms with Crippen LogP contribution in [0, 0.1) is 10.1 Å². The summed E-state index contributed by atoms with van der Waals surface area (Å²) in [5.74, 6) is 0.601. The molecule has 2 heterocycles. The molecule has 1 aromatic heterocycles. The van der Waals surface area contributed by atoms with Crippen molar-refractivity contribution in [1.29, 1.82) is 0 Å². The van der Waals surface area contributed by atoms with Crippen LogP contribution in [0.5, 0.6) is 5.75 Å². The van der Waals surface area contributed by atoms with Gasteiger partial charge in [0.15, 0.2) is 0 Å². The van der Waals surface area contributed by atoms with Gasteiger partial charge in [0, 0.05) is 12.7 Å². The lowest BCUT2D eigenvalue weighted by molar-refractivity contribution is -0.385. The van der Waals surface area contributed by atoms with Crippen LogP contribution < -0.4 is 9.46 Å². The van der Waals surface area contributed by atoms with Crippen molar-refractivity contribution in [3.05, 3.63) is 52.3 Å². The second kappa shape index (κ2) is 7.33. The fourth-order valence-corrected chi connectivity index (χ4v) is 4.44. The quantitative estimate of drug-likeness (QED) is 0.463. The van der Waals surface area contributed by atoms with Gasteiger partial charge in [0.2, 0.25) is 0 Å². The first kappa shape index (κ1) is 19.2. The summed E-state index contributed by atoms with van der Waals surface area (Å²) in [6, 6.07) is 8.26. The smallest absolute Gasteiger partial charge is 0.273 e. The number of H-pyrrole nitrogens is 1. The lowest BCUT2D eigenvalue weighted by Crippen LogP contribution is -2.14. The van der Waals surface area contributed by atoms with Crippen molar-refractivity contribution < 1.29 is 22.8 Å². The van der Waals surface area contributed by atoms with E-state index in [4.69, 9.17) is 9.47 Å². The Bertz CT molecular complexity index is 1180. The summed E-state index contributed by atoms with van der Waals surface area (Å²) in [6.07, 6.45) is 1.79. The molecular weight excluding hydrogens is 400 g/mol. The number of methoxy groups -OCH3 is 1. The van der Waals surface area contributed by atoms with Crippen molar-refractivity contribution in [2.45, 2.75) is 23.8 Å². The number of nitrogens with one attached hydrogen (secondary N) is 2. The van der Waals surface area contributed by atoms with Crippen LogP contribution in [0.15, 0.2) is 41.3 Å². The van der Waals surface area contributed by atoms with Gasteiger partial charge in [-0.05, 0) is 37.1 Å². The zero-order valence-electron chi connectivity index (χ0n) is 15.4. The number of benzene rings is 2. The monoisotopic (exact) mass is 418 g/mol. The van der Waals surface area contributed by atoms with Gasteiger partial charge in [0.1, 0.15) is 22.6 Å². The van der Waals surface area contributed by atoms with Crippen LogP contribution in [0.1, 0.15) is 24.8 Å². The number of hydrogen-bond acceptors (Lipinski definition) is 7. The molecule has 0 bridgehead atoms. The highest BCUT2D eigenvalue weighted by Crippen LogP contribution is 2.31. The van der Waals surface area contributed by atoms with E-state index in [9.17, 15) is 18.5 Å². The first-order chi connectivity index (χ1) is 13.9. The van der Waals surface area contributed by atoms with Crippen molar-refractivity contribution in [2.24, 2.45) is 0 Å². The van der Waals surface area contributed by atoms with E-state index in [2.05, 4.69) is 14.7 Å². The molecule has 0 aliphatic carbocycles. The number of anilines is 1. The van der Waals surface area contributed by atoms with E-state index in [1.54, 1.807) is 18.2 Å². The van der Waals surface area contributed by atoms with Crippen molar-refractivity contribution >= 4 is 32.4 Å². The standard InChI is InChI=1S/C18H18N4O6S/c1-27-16-10-12(22(23)24)5-7-17(16)29(25,26)21-11-4-6-13-14(9-11)20-18(19-13)15-3-2-8-28-15/h4-7,9-10,15,21H,2-3,8H2,1H3,(H,19,20). The Morgan fingerprint density at radius 2 is 2.14 bits per heavy atom. The Morgan fingerprint density at radius 1 is 1.31 bits per heavy atom. The summed E-state index contributed by atoms with van der Waals surface area (Å²) >= 11 is 0. The number of ether oxygens (including phenoxy) is 2. The number of nitro groups is 1. The molecule has 3 aromatic rings. The molecule has 1 atom stereocenters. The Balaban J connectivity index is 1.64. The van der Waals surface area contributed by atoms with Gasteiger partial charge in [-0.25, -0.2) is 13.4 Å². The third-order valence-electron chi connectivity index (χ3n) is 4.63. The lowest BCUT2D eigenvalue weighted by Gasteiger charge is -2.11. The molecule has 0 saturated carbocycles. The molecule has 2 N–H and O–H groups in total. The topological polar surface area (TPSA) is 136 Å². The summed E-state index contributed by atoms with van der Waals surface area (Å²) < 4.78 is 38.7. The van der Waals surface area contributed by atoms with Gasteiger partial charge in [-0.15, -0.1) is 0 Å². The van der Waals surface area contributed by atoms with Crippen LogP contribution in [-0.4, -0.2) is 37.0 Å². The van der Waals surface area contributed by atoms with Crippen LogP contribution in [0.3, 0.4) is 0 Å². The second-order valence-electron chi connectivity index (χ2n) is 6.55. The van der Waals surface area contributed by atoms with Crippen molar-refractivity contribution in [1.82, 2.24) is 9.97 Å². The summed E-state index contributed by atoms with van der Waals surface area (Å²) in [6.45, 7) is 0.698. The van der Waals surface area contributed by atoms with Crippen LogP contribution in [0.25, 0.3) is 11.0 Å². The average molecular weight is 418 g/mol. The molecule has 4 rings (SSSR count). The maximum atomic E-state index is 12.8. The van der Waals surface area contributed by atoms with Gasteiger partial charge >= 0.3 is 0 Å². The SMILES string of the molecule is COc1cc([N+](=O)[O-])ccc1S(=O)(=O)Nc1ccc2nc(C3CCCO3)[nH]c2c1. The fourth-order valence-electron chi connectivity index (χ4n) is 3.24. The number of nitro benzene ring substituents is 1. The van der Waals surface area contributed by atoms with Crippen LogP contribution >= 0.6 is 0 Å². The average Bonchev–Trinajstić information content (AvgIpc) is 3.36. The van der Waals surface area contributed by atoms with E-state index in [1.807, 2.05) is 0 Å². The van der Waals surface area contributed by atoms with Gasteiger partial charge in [-0.2, -0.15) is 0 Å². The summed E-state index contributed by atoms with van der Waals surface area (Å²) in [4.78, 5) is 17.8. The third kappa shape index (κ3) is 3.74. The van der Waals surface area contributed by atoms with Crippen LogP contribution in [0.2, 0.25) is 0 Å². The van der Waals surface area contributed by atoms with E-state index in [0.717, 1.165) is 36.9 Å². The van der Waals surface area contributed by atoms with Gasteiger partial charge in [-0.1, -0.05) is 0 Å². The molecule has 1 aliphatic heterocycles. The molecule has 11 heteroatoms. The number of fused-ring (bicyclic) bond motifs is 1. The molecule has 1 saturated heterocycles. The zero-order chi connectivity index (χ0) is 20.6. The minimum Gasteiger partial charge on any atom is -0.495 e. The number of aromatic amines is 1. The van der Waals surface area contributed by atoms with Crippen LogP contribution in [0.4, 0.5) is 11.4 Å². The van der Waals surface area contributed by atoms with Crippen molar-refractivity contribution in [2.75, 3.05) is 18.4 Å². The largest absolute Gasteiger partial charge is 0.495 e. The molecule has 0 radical (unpaired) electrons. The van der Waals surface area contributed by atoms with E-state index >= 15 is 0 Å². The molecule has 10 nitrogen and oxygen atoms in total. The molecule has 152 valence electrons. The molecule has 1 aliphatic rings. The summed E-state index contributed by atoms with van der Waals surface area (Å²) in [5, 5.41) is 10.9. The van der Waals surface area contributed by atoms with E-state index in [0.29, 0.717) is 23.3 Å². The molecule has 0 spiro atoms. The molecule has 0 amide bonds. The number of sulfonamides is 1. The Morgan fingerprint density at radius 3 is 2.83 bits per heavy atom. The lowest BCUT2D eigenvalue weighted by atomic mass is 10.2. The molecular formula is C18H18N4O6S. The van der Waals surface area contributed by atoms with E-state index in [-0.39, 0.29) is 22.4 Å². The minimum absolute atomic E-state index is 0.0769. The van der Waals surface area contributed by atoms with Crippen molar-refractivity contribution in [3.8, 4) is 5.75 Å². The van der Waals surface area contributed by atoms with Gasteiger partial charge < -0.3 is 14.5 Å². The number of non-ortho nitro benzene ring substituents is 1. The van der Waals surface area contributed by atoms with Gasteiger partial charge in [-0.3, -0.25) is 14.8 Å². The Hall–Kier alpha value is -3.18. The highest BCUT2D eigenvalue weighted by Gasteiger charge is 2.24. The molecule has 2 aromatic carbocycles. The number of hydrogen-bond donors (Lipinski definition) is 2. The number of aromatic nitrogens is 2. The number of nitrogens with zero attached hydrogens (tertiary/aromatic N) is 2. The second-order valence-corrected chi connectivity index (χ2v) is 8.20. The highest BCUT2D eigenvalue weighted by molar-refractivity contribution is 7.92. The molecule has 1 unspecified atom stereocenters. The first-order valence-electron chi connectivity index (χ1n) is 8.84. The fraction of sp³-hybridized carbons (Fsp3) is 0.278.